The molecule has 2 heterocycles. The van der Waals surface area contributed by atoms with Crippen molar-refractivity contribution in [2.75, 3.05) is 37.5 Å². The van der Waals surface area contributed by atoms with Crippen LogP contribution in [0.15, 0.2) is 93.9 Å². The molecule has 0 aliphatic carbocycles. The minimum atomic E-state index is -0.700. The maximum Gasteiger partial charge on any atom is 0.271 e. The van der Waals surface area contributed by atoms with E-state index in [2.05, 4.69) is 24.1 Å². The molecule has 1 aliphatic heterocycles. The van der Waals surface area contributed by atoms with Gasteiger partial charge < -0.3 is 19.7 Å². The third-order valence-electron chi connectivity index (χ3n) is 7.34. The molecule has 1 N–H and O–H groups in total. The van der Waals surface area contributed by atoms with E-state index < -0.39 is 6.04 Å². The monoisotopic (exact) mass is 582 g/mol. The van der Waals surface area contributed by atoms with Crippen LogP contribution < -0.4 is 34.6 Å². The van der Waals surface area contributed by atoms with Crippen LogP contribution in [-0.4, -0.2) is 37.8 Å². The Balaban J connectivity index is 1.66. The highest BCUT2D eigenvalue weighted by atomic mass is 32.1. The number of amides is 1. The second kappa shape index (κ2) is 12.5. The average Bonchev–Trinajstić information content (AvgIpc) is 3.31. The summed E-state index contributed by atoms with van der Waals surface area (Å²) >= 11 is 1.29. The van der Waals surface area contributed by atoms with E-state index in [9.17, 15) is 9.59 Å². The zero-order chi connectivity index (χ0) is 29.8. The molecule has 1 amide bonds. The number of methoxy groups -OCH3 is 2. The first-order chi connectivity index (χ1) is 20.4. The molecule has 0 saturated heterocycles. The number of para-hydroxylation sites is 1. The van der Waals surface area contributed by atoms with Gasteiger partial charge in [0.2, 0.25) is 0 Å². The highest BCUT2D eigenvalue weighted by Crippen LogP contribution is 2.32. The van der Waals surface area contributed by atoms with Gasteiger partial charge in [-0.15, -0.1) is 0 Å². The summed E-state index contributed by atoms with van der Waals surface area (Å²) in [6.07, 6.45) is 1.83. The van der Waals surface area contributed by atoms with Gasteiger partial charge in [0.25, 0.3) is 11.5 Å². The minimum Gasteiger partial charge on any atom is -0.497 e. The Labute approximate surface area is 248 Å². The summed E-state index contributed by atoms with van der Waals surface area (Å²) in [5.74, 6) is 0.983. The third kappa shape index (κ3) is 5.60. The molecular weight excluding hydrogens is 548 g/mol. The van der Waals surface area contributed by atoms with Crippen LogP contribution >= 0.6 is 11.3 Å². The van der Waals surface area contributed by atoms with Gasteiger partial charge in [0.05, 0.1) is 36.1 Å². The number of rotatable bonds is 9. The van der Waals surface area contributed by atoms with Crippen molar-refractivity contribution in [1.82, 2.24) is 4.57 Å². The number of allylic oxidation sites excluding steroid dienone is 1. The predicted molar refractivity (Wildman–Crippen MR) is 168 cm³/mol. The predicted octanol–water partition coefficient (Wildman–Crippen LogP) is 4.74. The fourth-order valence-corrected chi connectivity index (χ4v) is 6.24. The number of benzene rings is 3. The first kappa shape index (κ1) is 28.9. The molecule has 42 heavy (non-hydrogen) atoms. The molecule has 8 nitrogen and oxygen atoms in total. The molecule has 0 spiro atoms. The van der Waals surface area contributed by atoms with Gasteiger partial charge in [-0.05, 0) is 68.8 Å². The van der Waals surface area contributed by atoms with E-state index in [1.54, 1.807) is 25.7 Å². The lowest BCUT2D eigenvalue weighted by molar-refractivity contribution is -0.113. The van der Waals surface area contributed by atoms with Crippen LogP contribution in [0, 0.1) is 0 Å². The number of carbonyl (C=O) groups is 1. The maximum absolute atomic E-state index is 14.1. The van der Waals surface area contributed by atoms with Crippen LogP contribution in [0.5, 0.6) is 11.5 Å². The van der Waals surface area contributed by atoms with Gasteiger partial charge in [0.1, 0.15) is 11.5 Å². The molecule has 1 atom stereocenters. The third-order valence-corrected chi connectivity index (χ3v) is 8.32. The van der Waals surface area contributed by atoms with E-state index in [1.165, 1.54) is 11.3 Å². The Morgan fingerprint density at radius 3 is 2.48 bits per heavy atom. The number of hydrogen-bond donors (Lipinski definition) is 1. The van der Waals surface area contributed by atoms with Crippen molar-refractivity contribution in [3.8, 4) is 11.5 Å². The molecule has 3 aromatic carbocycles. The van der Waals surface area contributed by atoms with Crippen molar-refractivity contribution in [2.24, 2.45) is 4.99 Å². The van der Waals surface area contributed by atoms with Gasteiger partial charge >= 0.3 is 0 Å². The lowest BCUT2D eigenvalue weighted by atomic mass is 9.95. The lowest BCUT2D eigenvalue weighted by Crippen LogP contribution is -2.40. The van der Waals surface area contributed by atoms with Crippen molar-refractivity contribution in [3.63, 3.8) is 0 Å². The summed E-state index contributed by atoms with van der Waals surface area (Å²) in [7, 11) is 3.22. The minimum absolute atomic E-state index is 0.237. The molecule has 0 bridgehead atoms. The van der Waals surface area contributed by atoms with E-state index in [0.717, 1.165) is 29.9 Å². The number of aromatic nitrogens is 1. The van der Waals surface area contributed by atoms with Gasteiger partial charge in [-0.25, -0.2) is 4.99 Å². The summed E-state index contributed by atoms with van der Waals surface area (Å²) in [6, 6.07) is 22.0. The number of thiazole rings is 1. The number of carbonyl (C=O) groups excluding carboxylic acids is 1. The molecule has 4 aromatic rings. The summed E-state index contributed by atoms with van der Waals surface area (Å²) in [5.41, 5.74) is 3.95. The number of anilines is 2. The Morgan fingerprint density at radius 1 is 1.02 bits per heavy atom. The van der Waals surface area contributed by atoms with E-state index in [1.807, 2.05) is 78.9 Å². The first-order valence-electron chi connectivity index (χ1n) is 13.8. The summed E-state index contributed by atoms with van der Waals surface area (Å²) in [4.78, 5) is 35.4. The molecule has 5 rings (SSSR count). The van der Waals surface area contributed by atoms with E-state index in [0.29, 0.717) is 37.8 Å². The fraction of sp³-hybridized carbons (Fsp3) is 0.242. The van der Waals surface area contributed by atoms with E-state index >= 15 is 0 Å². The molecule has 0 fully saturated rings. The Kier molecular flexibility index (Phi) is 8.59. The number of nitrogens with one attached hydrogen (secondary N) is 1. The van der Waals surface area contributed by atoms with Crippen molar-refractivity contribution in [2.45, 2.75) is 26.8 Å². The molecule has 1 aliphatic rings. The van der Waals surface area contributed by atoms with Gasteiger partial charge in [0.15, 0.2) is 4.80 Å². The summed E-state index contributed by atoms with van der Waals surface area (Å²) < 4.78 is 13.3. The number of hydrogen-bond acceptors (Lipinski definition) is 7. The SMILES string of the molecule is CCN(CC)c1ccc(/C=c2\sc3n(c2=O)[C@@H](c2cccc(OC)c2)C(C(=O)Nc2ccccc2)=C(C)N=3)c(OC)c1. The van der Waals surface area contributed by atoms with Crippen LogP contribution in [-0.2, 0) is 4.79 Å². The maximum atomic E-state index is 14.1. The molecule has 0 radical (unpaired) electrons. The quantitative estimate of drug-likeness (QED) is 0.308. The van der Waals surface area contributed by atoms with Crippen LogP contribution in [0.3, 0.4) is 0 Å². The van der Waals surface area contributed by atoms with Gasteiger partial charge in [-0.2, -0.15) is 0 Å². The standard InChI is InChI=1S/C33H34N4O4S/c1-6-36(7-2)25-17-16-22(27(20-25)41-5)19-28-32(39)37-30(23-12-11-15-26(18-23)40-4)29(21(3)34-33(37)42-28)31(38)35-24-13-9-8-10-14-24/h8-20,30H,6-7H2,1-5H3,(H,35,38)/b28-19-/t30-/m0/s1. The normalized spacial score (nSPS) is 14.7. The Hall–Kier alpha value is -4.63. The van der Waals surface area contributed by atoms with Crippen LogP contribution in [0.1, 0.15) is 37.9 Å². The van der Waals surface area contributed by atoms with Crippen LogP contribution in [0.2, 0.25) is 0 Å². The van der Waals surface area contributed by atoms with Crippen molar-refractivity contribution in [3.05, 3.63) is 115 Å². The van der Waals surface area contributed by atoms with E-state index in [4.69, 9.17) is 14.5 Å². The zero-order valence-electron chi connectivity index (χ0n) is 24.4. The second-order valence-electron chi connectivity index (χ2n) is 9.78. The summed E-state index contributed by atoms with van der Waals surface area (Å²) in [5, 5.41) is 2.98. The molecule has 9 heteroatoms. The van der Waals surface area contributed by atoms with Crippen molar-refractivity contribution in [1.29, 1.82) is 0 Å². The van der Waals surface area contributed by atoms with Crippen molar-refractivity contribution >= 4 is 34.7 Å². The molecular formula is C33H34N4O4S. The lowest BCUT2D eigenvalue weighted by Gasteiger charge is -2.25. The zero-order valence-corrected chi connectivity index (χ0v) is 25.2. The Morgan fingerprint density at radius 2 is 1.79 bits per heavy atom. The summed E-state index contributed by atoms with van der Waals surface area (Å²) in [6.45, 7) is 7.78. The van der Waals surface area contributed by atoms with Gasteiger partial charge in [-0.1, -0.05) is 41.7 Å². The van der Waals surface area contributed by atoms with E-state index in [-0.39, 0.29) is 11.5 Å². The largest absolute Gasteiger partial charge is 0.497 e. The van der Waals surface area contributed by atoms with Gasteiger partial charge in [-0.3, -0.25) is 14.2 Å². The van der Waals surface area contributed by atoms with Crippen LogP contribution in [0.25, 0.3) is 6.08 Å². The topological polar surface area (TPSA) is 85.2 Å². The number of nitrogens with zero attached hydrogens (tertiary/aromatic N) is 3. The van der Waals surface area contributed by atoms with Gasteiger partial charge in [0, 0.05) is 36.1 Å². The highest BCUT2D eigenvalue weighted by Gasteiger charge is 2.32. The molecule has 216 valence electrons. The first-order valence-corrected chi connectivity index (χ1v) is 14.7. The van der Waals surface area contributed by atoms with Crippen LogP contribution in [0.4, 0.5) is 11.4 Å². The highest BCUT2D eigenvalue weighted by molar-refractivity contribution is 7.07. The average molecular weight is 583 g/mol. The fourth-order valence-electron chi connectivity index (χ4n) is 5.20. The van der Waals surface area contributed by atoms with Crippen molar-refractivity contribution < 1.29 is 14.3 Å². The smallest absolute Gasteiger partial charge is 0.271 e. The Bertz CT molecular complexity index is 1820. The number of fused-ring (bicyclic) bond motifs is 1. The molecule has 0 unspecified atom stereocenters. The number of ether oxygens (including phenoxy) is 2. The molecule has 0 saturated carbocycles. The second-order valence-corrected chi connectivity index (χ2v) is 10.8. The molecule has 1 aromatic heterocycles.